The number of halogens is 1. The van der Waals surface area contributed by atoms with Gasteiger partial charge in [0.25, 0.3) is 0 Å². The van der Waals surface area contributed by atoms with Gasteiger partial charge in [0.2, 0.25) is 11.6 Å². The molecular weight excluding hydrogens is 240 g/mol. The van der Waals surface area contributed by atoms with E-state index in [2.05, 4.69) is 16.2 Å². The van der Waals surface area contributed by atoms with Crippen molar-refractivity contribution in [3.05, 3.63) is 40.3 Å². The fraction of sp³-hybridized carbons (Fsp3) is 0.0833. The Labute approximate surface area is 103 Å². The number of fused-ring (bicyclic) bond motifs is 1. The Bertz CT molecular complexity index is 584. The van der Waals surface area contributed by atoms with E-state index < -0.39 is 5.78 Å². The zero-order chi connectivity index (χ0) is 12.4. The zero-order valence-corrected chi connectivity index (χ0v) is 9.41. The normalized spacial score (nSPS) is 14.4. The summed E-state index contributed by atoms with van der Waals surface area (Å²) in [5, 5.41) is 2.49. The first-order valence-corrected chi connectivity index (χ1v) is 5.16. The number of terminal acetylenes is 1. The van der Waals surface area contributed by atoms with E-state index in [1.807, 2.05) is 0 Å². The van der Waals surface area contributed by atoms with Crippen LogP contribution < -0.4 is 5.32 Å². The zero-order valence-electron chi connectivity index (χ0n) is 8.66. The lowest BCUT2D eigenvalue weighted by Crippen LogP contribution is -2.29. The van der Waals surface area contributed by atoms with Crippen molar-refractivity contribution in [3.8, 4) is 12.3 Å². The molecule has 1 aromatic heterocycles. The highest BCUT2D eigenvalue weighted by atomic mass is 35.5. The van der Waals surface area contributed by atoms with E-state index in [1.165, 1.54) is 12.3 Å². The summed E-state index contributed by atoms with van der Waals surface area (Å²) in [6.07, 6.45) is 6.52. The number of carbonyl (C=O) groups is 2. The van der Waals surface area contributed by atoms with Crippen LogP contribution in [0.5, 0.6) is 0 Å². The standard InChI is InChI=1S/C12H7ClN2O2/c1-2-5-14-10-8(13)12(17)9-7(11(10)16)4-3-6-15-9/h1,3-4,6,14H,5H2. The number of carbonyl (C=O) groups excluding carboxylic acids is 2. The lowest BCUT2D eigenvalue weighted by molar-refractivity contribution is 0.0972. The minimum Gasteiger partial charge on any atom is -0.370 e. The maximum Gasteiger partial charge on any atom is 0.225 e. The highest BCUT2D eigenvalue weighted by molar-refractivity contribution is 6.49. The third-order valence-electron chi connectivity index (χ3n) is 2.28. The quantitative estimate of drug-likeness (QED) is 0.795. The molecule has 1 heterocycles. The predicted molar refractivity (Wildman–Crippen MR) is 62.6 cm³/mol. The van der Waals surface area contributed by atoms with Crippen LogP contribution in [0.15, 0.2) is 29.1 Å². The van der Waals surface area contributed by atoms with Crippen molar-refractivity contribution < 1.29 is 9.59 Å². The van der Waals surface area contributed by atoms with Crippen molar-refractivity contribution in [2.75, 3.05) is 6.54 Å². The van der Waals surface area contributed by atoms with E-state index in [1.54, 1.807) is 6.07 Å². The monoisotopic (exact) mass is 246 g/mol. The molecule has 5 heteroatoms. The topological polar surface area (TPSA) is 59.1 Å². The molecule has 1 aliphatic rings. The number of nitrogens with one attached hydrogen (secondary N) is 1. The van der Waals surface area contributed by atoms with E-state index in [0.717, 1.165) is 0 Å². The maximum absolute atomic E-state index is 12.0. The minimum atomic E-state index is -0.471. The molecule has 0 saturated heterocycles. The van der Waals surface area contributed by atoms with E-state index >= 15 is 0 Å². The molecule has 0 aliphatic heterocycles. The summed E-state index contributed by atoms with van der Waals surface area (Å²) in [7, 11) is 0. The second-order valence-electron chi connectivity index (χ2n) is 3.30. The van der Waals surface area contributed by atoms with Crippen LogP contribution in [0.2, 0.25) is 0 Å². The van der Waals surface area contributed by atoms with Gasteiger partial charge in [-0.05, 0) is 12.1 Å². The molecule has 0 fully saturated rings. The molecule has 0 radical (unpaired) electrons. The lowest BCUT2D eigenvalue weighted by Gasteiger charge is -2.16. The van der Waals surface area contributed by atoms with Gasteiger partial charge < -0.3 is 5.32 Å². The molecule has 0 aromatic carbocycles. The highest BCUT2D eigenvalue weighted by Gasteiger charge is 2.32. The van der Waals surface area contributed by atoms with Gasteiger partial charge in [0.1, 0.15) is 16.4 Å². The summed E-state index contributed by atoms with van der Waals surface area (Å²) in [5.41, 5.74) is 0.352. The molecule has 0 saturated carbocycles. The number of allylic oxidation sites excluding steroid dienone is 2. The van der Waals surface area contributed by atoms with Crippen LogP contribution in [0.3, 0.4) is 0 Å². The predicted octanol–water partition coefficient (Wildman–Crippen LogP) is 1.13. The van der Waals surface area contributed by atoms with Crippen molar-refractivity contribution in [1.82, 2.24) is 10.3 Å². The van der Waals surface area contributed by atoms with Crippen LogP contribution in [-0.2, 0) is 0 Å². The van der Waals surface area contributed by atoms with Gasteiger partial charge in [0.15, 0.2) is 0 Å². The first kappa shape index (κ1) is 11.4. The summed E-state index contributed by atoms with van der Waals surface area (Å²) in [6, 6.07) is 3.12. The first-order chi connectivity index (χ1) is 8.16. The van der Waals surface area contributed by atoms with Crippen molar-refractivity contribution in [2.24, 2.45) is 0 Å². The first-order valence-electron chi connectivity index (χ1n) is 4.78. The van der Waals surface area contributed by atoms with Gasteiger partial charge in [-0.25, -0.2) is 0 Å². The van der Waals surface area contributed by atoms with Gasteiger partial charge in [-0.1, -0.05) is 17.5 Å². The average Bonchev–Trinajstić information content (AvgIpc) is 2.36. The number of Topliss-reactive ketones (excluding diaryl/α,β-unsaturated/α-hetero) is 2. The second kappa shape index (κ2) is 4.40. The SMILES string of the molecule is C#CCNC1=C(Cl)C(=O)c2ncccc2C1=O. The molecule has 0 unspecified atom stereocenters. The van der Waals surface area contributed by atoms with Crippen LogP contribution in [0, 0.1) is 12.3 Å². The molecule has 1 aliphatic carbocycles. The van der Waals surface area contributed by atoms with Gasteiger partial charge in [0.05, 0.1) is 12.1 Å². The number of aromatic nitrogens is 1. The Hall–Kier alpha value is -2.12. The van der Waals surface area contributed by atoms with Crippen molar-refractivity contribution in [2.45, 2.75) is 0 Å². The molecule has 4 nitrogen and oxygen atoms in total. The fourth-order valence-electron chi connectivity index (χ4n) is 1.52. The molecule has 1 aromatic rings. The third-order valence-corrected chi connectivity index (χ3v) is 2.64. The number of nitrogens with zero attached hydrogens (tertiary/aromatic N) is 1. The van der Waals surface area contributed by atoms with Crippen LogP contribution in [0.1, 0.15) is 20.8 Å². The van der Waals surface area contributed by atoms with Crippen molar-refractivity contribution in [3.63, 3.8) is 0 Å². The number of ketones is 2. The third kappa shape index (κ3) is 1.81. The van der Waals surface area contributed by atoms with E-state index in [0.29, 0.717) is 0 Å². The van der Waals surface area contributed by atoms with Crippen molar-refractivity contribution in [1.29, 1.82) is 0 Å². The Morgan fingerprint density at radius 3 is 2.88 bits per heavy atom. The van der Waals surface area contributed by atoms with Crippen LogP contribution >= 0.6 is 11.6 Å². The van der Waals surface area contributed by atoms with E-state index in [4.69, 9.17) is 18.0 Å². The van der Waals surface area contributed by atoms with Crippen LogP contribution in [0.25, 0.3) is 0 Å². The second-order valence-corrected chi connectivity index (χ2v) is 3.68. The Kier molecular flexibility index (Phi) is 2.94. The smallest absolute Gasteiger partial charge is 0.225 e. The van der Waals surface area contributed by atoms with Gasteiger partial charge >= 0.3 is 0 Å². The molecule has 0 spiro atoms. The molecule has 0 amide bonds. The molecule has 84 valence electrons. The van der Waals surface area contributed by atoms with Gasteiger partial charge in [-0.2, -0.15) is 0 Å². The molecule has 1 N–H and O–H groups in total. The molecule has 2 rings (SSSR count). The average molecular weight is 247 g/mol. The van der Waals surface area contributed by atoms with Gasteiger partial charge in [-0.3, -0.25) is 14.6 Å². The highest BCUT2D eigenvalue weighted by Crippen LogP contribution is 2.25. The molecular formula is C12H7ClN2O2. The van der Waals surface area contributed by atoms with Gasteiger partial charge in [0, 0.05) is 6.20 Å². The fourth-order valence-corrected chi connectivity index (χ4v) is 1.76. The molecule has 0 bridgehead atoms. The number of rotatable bonds is 2. The minimum absolute atomic E-state index is 0.0371. The summed E-state index contributed by atoms with van der Waals surface area (Å²) in [5.74, 6) is 1.47. The molecule has 0 atom stereocenters. The van der Waals surface area contributed by atoms with Crippen LogP contribution in [0.4, 0.5) is 0 Å². The van der Waals surface area contributed by atoms with Gasteiger partial charge in [-0.15, -0.1) is 6.42 Å². The molecule has 17 heavy (non-hydrogen) atoms. The summed E-state index contributed by atoms with van der Waals surface area (Å²) >= 11 is 5.83. The Morgan fingerprint density at radius 1 is 1.41 bits per heavy atom. The van der Waals surface area contributed by atoms with Crippen LogP contribution in [-0.4, -0.2) is 23.1 Å². The number of hydrogen-bond acceptors (Lipinski definition) is 4. The van der Waals surface area contributed by atoms with E-state index in [-0.39, 0.29) is 34.3 Å². The van der Waals surface area contributed by atoms with Crippen molar-refractivity contribution >= 4 is 23.2 Å². The Morgan fingerprint density at radius 2 is 2.18 bits per heavy atom. The summed E-state index contributed by atoms with van der Waals surface area (Å²) < 4.78 is 0. The van der Waals surface area contributed by atoms with E-state index in [9.17, 15) is 9.59 Å². The largest absolute Gasteiger partial charge is 0.370 e. The lowest BCUT2D eigenvalue weighted by atomic mass is 9.97. The number of hydrogen-bond donors (Lipinski definition) is 1. The summed E-state index contributed by atoms with van der Waals surface area (Å²) in [4.78, 5) is 27.7. The number of pyridine rings is 1. The summed E-state index contributed by atoms with van der Waals surface area (Å²) in [6.45, 7) is 0.125. The Balaban J connectivity index is 2.51. The maximum atomic E-state index is 12.0.